The van der Waals surface area contributed by atoms with E-state index in [0.717, 1.165) is 24.1 Å². The molecule has 0 aliphatic carbocycles. The normalized spacial score (nSPS) is 10.5. The van der Waals surface area contributed by atoms with Crippen LogP contribution in [0.15, 0.2) is 35.1 Å². The van der Waals surface area contributed by atoms with Gasteiger partial charge in [0, 0.05) is 17.7 Å². The maximum atomic E-state index is 12.2. The maximum Gasteiger partial charge on any atom is 0.252 e. The minimum absolute atomic E-state index is 0.0917. The molecule has 0 bridgehead atoms. The molecule has 5 nitrogen and oxygen atoms in total. The molecule has 118 valence electrons. The van der Waals surface area contributed by atoms with Crippen molar-refractivity contribution in [3.63, 3.8) is 0 Å². The summed E-state index contributed by atoms with van der Waals surface area (Å²) in [6, 6.07) is 9.23. The van der Waals surface area contributed by atoms with Gasteiger partial charge in [0.1, 0.15) is 11.5 Å². The lowest BCUT2D eigenvalue weighted by Gasteiger charge is -2.11. The van der Waals surface area contributed by atoms with Crippen molar-refractivity contribution >= 4 is 0 Å². The van der Waals surface area contributed by atoms with Crippen LogP contribution in [0, 0.1) is 0 Å². The van der Waals surface area contributed by atoms with E-state index in [1.54, 1.807) is 14.2 Å². The van der Waals surface area contributed by atoms with Crippen molar-refractivity contribution in [1.82, 2.24) is 10.3 Å². The number of methoxy groups -OCH3 is 2. The average Bonchev–Trinajstić information content (AvgIpc) is 2.55. The number of hydrogen-bond acceptors (Lipinski definition) is 4. The predicted octanol–water partition coefficient (Wildman–Crippen LogP) is 2.56. The third-order valence-electron chi connectivity index (χ3n) is 3.43. The highest BCUT2D eigenvalue weighted by atomic mass is 16.5. The number of aromatic amines is 1. The first kappa shape index (κ1) is 16.1. The maximum absolute atomic E-state index is 12.2. The van der Waals surface area contributed by atoms with Gasteiger partial charge in [0.05, 0.1) is 19.9 Å². The van der Waals surface area contributed by atoms with Crippen LogP contribution in [0.4, 0.5) is 0 Å². The SMILES string of the molecule is CCCNCc1ccc(-c2cc(OC)ccc2OC)[nH]c1=O. The second-order valence-corrected chi connectivity index (χ2v) is 4.97. The fourth-order valence-electron chi connectivity index (χ4n) is 2.22. The quantitative estimate of drug-likeness (QED) is 0.772. The van der Waals surface area contributed by atoms with E-state index in [9.17, 15) is 4.79 Å². The molecule has 0 unspecified atom stereocenters. The van der Waals surface area contributed by atoms with E-state index in [1.807, 2.05) is 30.3 Å². The third-order valence-corrected chi connectivity index (χ3v) is 3.43. The second kappa shape index (κ2) is 7.66. The third kappa shape index (κ3) is 3.68. The molecule has 1 aromatic carbocycles. The van der Waals surface area contributed by atoms with Crippen LogP contribution in [0.25, 0.3) is 11.3 Å². The Morgan fingerprint density at radius 2 is 1.95 bits per heavy atom. The Balaban J connectivity index is 2.33. The fourth-order valence-corrected chi connectivity index (χ4v) is 2.22. The lowest BCUT2D eigenvalue weighted by Crippen LogP contribution is -2.21. The minimum atomic E-state index is -0.0917. The summed E-state index contributed by atoms with van der Waals surface area (Å²) in [6.07, 6.45) is 1.04. The Hall–Kier alpha value is -2.27. The summed E-state index contributed by atoms with van der Waals surface area (Å²) in [5.41, 5.74) is 2.14. The van der Waals surface area contributed by atoms with Gasteiger partial charge in [0.25, 0.3) is 5.56 Å². The van der Waals surface area contributed by atoms with Crippen molar-refractivity contribution in [3.05, 3.63) is 46.2 Å². The van der Waals surface area contributed by atoms with Crippen LogP contribution in [0.5, 0.6) is 11.5 Å². The lowest BCUT2D eigenvalue weighted by molar-refractivity contribution is 0.404. The summed E-state index contributed by atoms with van der Waals surface area (Å²) in [6.45, 7) is 3.55. The van der Waals surface area contributed by atoms with Crippen LogP contribution in [0.1, 0.15) is 18.9 Å². The summed E-state index contributed by atoms with van der Waals surface area (Å²) < 4.78 is 10.6. The zero-order valence-electron chi connectivity index (χ0n) is 13.2. The van der Waals surface area contributed by atoms with E-state index in [0.29, 0.717) is 23.7 Å². The Bertz CT molecular complexity index is 680. The van der Waals surface area contributed by atoms with Gasteiger partial charge in [0.15, 0.2) is 0 Å². The lowest BCUT2D eigenvalue weighted by atomic mass is 10.1. The van der Waals surface area contributed by atoms with Crippen molar-refractivity contribution in [2.45, 2.75) is 19.9 Å². The Morgan fingerprint density at radius 1 is 1.14 bits per heavy atom. The van der Waals surface area contributed by atoms with Crippen molar-refractivity contribution in [2.24, 2.45) is 0 Å². The van der Waals surface area contributed by atoms with E-state index < -0.39 is 0 Å². The summed E-state index contributed by atoms with van der Waals surface area (Å²) in [5, 5.41) is 3.23. The van der Waals surface area contributed by atoms with Crippen LogP contribution in [0.3, 0.4) is 0 Å². The molecule has 0 aliphatic heterocycles. The van der Waals surface area contributed by atoms with Crippen LogP contribution in [-0.2, 0) is 6.54 Å². The molecule has 0 amide bonds. The molecule has 5 heteroatoms. The van der Waals surface area contributed by atoms with E-state index in [2.05, 4.69) is 17.2 Å². The molecule has 0 atom stereocenters. The Kier molecular flexibility index (Phi) is 5.61. The molecule has 0 saturated heterocycles. The molecule has 0 aliphatic rings. The summed E-state index contributed by atoms with van der Waals surface area (Å²) in [4.78, 5) is 15.1. The molecule has 1 aromatic heterocycles. The second-order valence-electron chi connectivity index (χ2n) is 4.97. The van der Waals surface area contributed by atoms with Crippen LogP contribution in [0.2, 0.25) is 0 Å². The van der Waals surface area contributed by atoms with Gasteiger partial charge in [-0.2, -0.15) is 0 Å². The van der Waals surface area contributed by atoms with Crippen molar-refractivity contribution < 1.29 is 9.47 Å². The van der Waals surface area contributed by atoms with Gasteiger partial charge in [-0.15, -0.1) is 0 Å². The predicted molar refractivity (Wildman–Crippen MR) is 87.6 cm³/mol. The highest BCUT2D eigenvalue weighted by Gasteiger charge is 2.10. The van der Waals surface area contributed by atoms with Crippen LogP contribution >= 0.6 is 0 Å². The largest absolute Gasteiger partial charge is 0.497 e. The highest BCUT2D eigenvalue weighted by molar-refractivity contribution is 5.69. The average molecular weight is 302 g/mol. The number of ether oxygens (including phenoxy) is 2. The van der Waals surface area contributed by atoms with E-state index in [-0.39, 0.29) is 5.56 Å². The first-order valence-electron chi connectivity index (χ1n) is 7.35. The topological polar surface area (TPSA) is 63.4 Å². The van der Waals surface area contributed by atoms with E-state index >= 15 is 0 Å². The van der Waals surface area contributed by atoms with Gasteiger partial charge >= 0.3 is 0 Å². The van der Waals surface area contributed by atoms with Gasteiger partial charge in [-0.25, -0.2) is 0 Å². The number of pyridine rings is 1. The van der Waals surface area contributed by atoms with E-state index in [1.165, 1.54) is 0 Å². The number of nitrogens with one attached hydrogen (secondary N) is 2. The smallest absolute Gasteiger partial charge is 0.252 e. The molecule has 22 heavy (non-hydrogen) atoms. The van der Waals surface area contributed by atoms with E-state index in [4.69, 9.17) is 9.47 Å². The molecular weight excluding hydrogens is 280 g/mol. The standard InChI is InChI=1S/C17H22N2O3/c1-4-9-18-11-12-5-7-15(19-17(12)20)14-10-13(21-2)6-8-16(14)22-3/h5-8,10,18H,4,9,11H2,1-3H3,(H,19,20). The Morgan fingerprint density at radius 3 is 2.59 bits per heavy atom. The summed E-state index contributed by atoms with van der Waals surface area (Å²) in [7, 11) is 3.21. The molecule has 0 fully saturated rings. The number of H-pyrrole nitrogens is 1. The van der Waals surface area contributed by atoms with Crippen LogP contribution in [-0.4, -0.2) is 25.7 Å². The van der Waals surface area contributed by atoms with Gasteiger partial charge in [-0.3, -0.25) is 4.79 Å². The number of rotatable bonds is 7. The number of benzene rings is 1. The van der Waals surface area contributed by atoms with Crippen LogP contribution < -0.4 is 20.3 Å². The number of hydrogen-bond donors (Lipinski definition) is 2. The fraction of sp³-hybridized carbons (Fsp3) is 0.353. The molecule has 2 N–H and O–H groups in total. The first-order chi connectivity index (χ1) is 10.7. The molecule has 2 aromatic rings. The first-order valence-corrected chi connectivity index (χ1v) is 7.35. The molecule has 0 spiro atoms. The molecule has 0 saturated carbocycles. The zero-order chi connectivity index (χ0) is 15.9. The zero-order valence-corrected chi connectivity index (χ0v) is 13.2. The molecule has 0 radical (unpaired) electrons. The summed E-state index contributed by atoms with van der Waals surface area (Å²) in [5.74, 6) is 1.40. The van der Waals surface area contributed by atoms with Gasteiger partial charge in [0.2, 0.25) is 0 Å². The number of aromatic nitrogens is 1. The molecular formula is C17H22N2O3. The minimum Gasteiger partial charge on any atom is -0.497 e. The van der Waals surface area contributed by atoms with Crippen molar-refractivity contribution in [2.75, 3.05) is 20.8 Å². The monoisotopic (exact) mass is 302 g/mol. The molecule has 1 heterocycles. The van der Waals surface area contributed by atoms with Crippen molar-refractivity contribution in [3.8, 4) is 22.8 Å². The van der Waals surface area contributed by atoms with Gasteiger partial charge in [-0.05, 0) is 37.2 Å². The van der Waals surface area contributed by atoms with Gasteiger partial charge < -0.3 is 19.8 Å². The molecule has 2 rings (SSSR count). The highest BCUT2D eigenvalue weighted by Crippen LogP contribution is 2.31. The Labute approximate surface area is 130 Å². The summed E-state index contributed by atoms with van der Waals surface area (Å²) >= 11 is 0. The van der Waals surface area contributed by atoms with Crippen molar-refractivity contribution in [1.29, 1.82) is 0 Å². The van der Waals surface area contributed by atoms with Gasteiger partial charge in [-0.1, -0.05) is 13.0 Å².